The van der Waals surface area contributed by atoms with Gasteiger partial charge in [-0.3, -0.25) is 0 Å². The standard InChI is InChI=1S/C12H9BrCl2S/c13-11-4-3-8(14)6-10(11)12(15)7-9-2-1-5-16-9/h1-6,12H,7H2. The van der Waals surface area contributed by atoms with Gasteiger partial charge in [-0.25, -0.2) is 0 Å². The minimum Gasteiger partial charge on any atom is -0.149 e. The Kier molecular flexibility index (Phi) is 4.31. The predicted octanol–water partition coefficient (Wildman–Crippen LogP) is 5.69. The molecular weight excluding hydrogens is 327 g/mol. The first-order valence-electron chi connectivity index (χ1n) is 4.78. The van der Waals surface area contributed by atoms with Crippen LogP contribution in [-0.2, 0) is 6.42 Å². The Balaban J connectivity index is 2.20. The van der Waals surface area contributed by atoms with Crippen LogP contribution in [-0.4, -0.2) is 0 Å². The fourth-order valence-corrected chi connectivity index (χ4v) is 3.50. The highest BCUT2D eigenvalue weighted by Crippen LogP contribution is 2.33. The second-order valence-electron chi connectivity index (χ2n) is 3.42. The van der Waals surface area contributed by atoms with Crippen molar-refractivity contribution in [1.29, 1.82) is 0 Å². The fraction of sp³-hybridized carbons (Fsp3) is 0.167. The molecule has 4 heteroatoms. The Morgan fingerprint density at radius 1 is 1.31 bits per heavy atom. The van der Waals surface area contributed by atoms with Gasteiger partial charge in [0.1, 0.15) is 0 Å². The van der Waals surface area contributed by atoms with Gasteiger partial charge in [-0.15, -0.1) is 22.9 Å². The highest BCUT2D eigenvalue weighted by atomic mass is 79.9. The predicted molar refractivity (Wildman–Crippen MR) is 75.8 cm³/mol. The van der Waals surface area contributed by atoms with Crippen molar-refractivity contribution in [2.75, 3.05) is 0 Å². The second kappa shape index (κ2) is 5.54. The Labute approximate surface area is 117 Å². The summed E-state index contributed by atoms with van der Waals surface area (Å²) in [5, 5.41) is 2.73. The van der Waals surface area contributed by atoms with Crippen LogP contribution in [0.3, 0.4) is 0 Å². The first kappa shape index (κ1) is 12.4. The van der Waals surface area contributed by atoms with Gasteiger partial charge in [0.25, 0.3) is 0 Å². The van der Waals surface area contributed by atoms with Gasteiger partial charge in [-0.05, 0) is 35.2 Å². The van der Waals surface area contributed by atoms with E-state index in [-0.39, 0.29) is 5.38 Å². The average molecular weight is 336 g/mol. The number of thiophene rings is 1. The summed E-state index contributed by atoms with van der Waals surface area (Å²) in [6.07, 6.45) is 0.832. The maximum absolute atomic E-state index is 6.39. The van der Waals surface area contributed by atoms with E-state index in [1.54, 1.807) is 11.3 Å². The summed E-state index contributed by atoms with van der Waals surface area (Å²) in [7, 11) is 0. The van der Waals surface area contributed by atoms with Crippen molar-refractivity contribution in [2.24, 2.45) is 0 Å². The zero-order chi connectivity index (χ0) is 11.5. The molecule has 0 fully saturated rings. The van der Waals surface area contributed by atoms with Gasteiger partial charge < -0.3 is 0 Å². The van der Waals surface area contributed by atoms with E-state index in [4.69, 9.17) is 23.2 Å². The number of alkyl halides is 1. The molecule has 0 saturated heterocycles. The Morgan fingerprint density at radius 3 is 2.81 bits per heavy atom. The van der Waals surface area contributed by atoms with E-state index in [1.807, 2.05) is 24.3 Å². The molecule has 0 N–H and O–H groups in total. The summed E-state index contributed by atoms with van der Waals surface area (Å²) >= 11 is 17.6. The van der Waals surface area contributed by atoms with Crippen LogP contribution in [0.5, 0.6) is 0 Å². The summed E-state index contributed by atoms with van der Waals surface area (Å²) in [6, 6.07) is 9.83. The molecule has 16 heavy (non-hydrogen) atoms. The Morgan fingerprint density at radius 2 is 2.12 bits per heavy atom. The lowest BCUT2D eigenvalue weighted by Gasteiger charge is -2.11. The van der Waals surface area contributed by atoms with Crippen LogP contribution in [0.25, 0.3) is 0 Å². The van der Waals surface area contributed by atoms with Crippen molar-refractivity contribution in [1.82, 2.24) is 0 Å². The molecule has 0 radical (unpaired) electrons. The van der Waals surface area contributed by atoms with Crippen molar-refractivity contribution < 1.29 is 0 Å². The molecule has 0 aliphatic heterocycles. The lowest BCUT2D eigenvalue weighted by atomic mass is 10.1. The smallest absolute Gasteiger partial charge is 0.0644 e. The van der Waals surface area contributed by atoms with Crippen molar-refractivity contribution in [2.45, 2.75) is 11.8 Å². The fourth-order valence-electron chi connectivity index (χ4n) is 1.47. The van der Waals surface area contributed by atoms with Gasteiger partial charge in [0.05, 0.1) is 5.38 Å². The molecule has 0 amide bonds. The molecule has 1 heterocycles. The number of halogens is 3. The van der Waals surface area contributed by atoms with Gasteiger partial charge in [-0.2, -0.15) is 0 Å². The molecule has 0 aliphatic carbocycles. The van der Waals surface area contributed by atoms with Crippen LogP contribution < -0.4 is 0 Å². The van der Waals surface area contributed by atoms with Gasteiger partial charge in [0, 0.05) is 20.8 Å². The molecule has 2 rings (SSSR count). The Hall–Kier alpha value is -0.0200. The minimum atomic E-state index is -0.0493. The van der Waals surface area contributed by atoms with E-state index in [0.717, 1.165) is 21.5 Å². The molecule has 1 atom stereocenters. The van der Waals surface area contributed by atoms with Gasteiger partial charge >= 0.3 is 0 Å². The van der Waals surface area contributed by atoms with Gasteiger partial charge in [0.2, 0.25) is 0 Å². The van der Waals surface area contributed by atoms with Crippen LogP contribution in [0.1, 0.15) is 15.8 Å². The topological polar surface area (TPSA) is 0 Å². The lowest BCUT2D eigenvalue weighted by Crippen LogP contribution is -1.95. The molecule has 1 aromatic carbocycles. The maximum Gasteiger partial charge on any atom is 0.0644 e. The molecule has 2 aromatic rings. The normalized spacial score (nSPS) is 12.7. The highest BCUT2D eigenvalue weighted by molar-refractivity contribution is 9.10. The number of hydrogen-bond donors (Lipinski definition) is 0. The molecule has 0 spiro atoms. The zero-order valence-electron chi connectivity index (χ0n) is 8.29. The maximum atomic E-state index is 6.39. The van der Waals surface area contributed by atoms with E-state index < -0.39 is 0 Å². The average Bonchev–Trinajstić information content (AvgIpc) is 2.74. The summed E-state index contributed by atoms with van der Waals surface area (Å²) in [4.78, 5) is 1.28. The number of benzene rings is 1. The van der Waals surface area contributed by atoms with Crippen LogP contribution in [0.4, 0.5) is 0 Å². The minimum absolute atomic E-state index is 0.0493. The van der Waals surface area contributed by atoms with Crippen LogP contribution in [0.15, 0.2) is 40.2 Å². The van der Waals surface area contributed by atoms with Crippen molar-refractivity contribution in [3.05, 3.63) is 55.6 Å². The van der Waals surface area contributed by atoms with E-state index in [0.29, 0.717) is 0 Å². The van der Waals surface area contributed by atoms with Crippen LogP contribution >= 0.6 is 50.5 Å². The lowest BCUT2D eigenvalue weighted by molar-refractivity contribution is 0.932. The summed E-state index contributed by atoms with van der Waals surface area (Å²) in [5.74, 6) is 0. The third-order valence-corrected chi connectivity index (χ3v) is 4.50. The first-order chi connectivity index (χ1) is 7.66. The van der Waals surface area contributed by atoms with E-state index >= 15 is 0 Å². The second-order valence-corrected chi connectivity index (χ2v) is 6.27. The largest absolute Gasteiger partial charge is 0.149 e. The molecule has 1 unspecified atom stereocenters. The molecular formula is C12H9BrCl2S. The molecule has 0 bridgehead atoms. The summed E-state index contributed by atoms with van der Waals surface area (Å²) < 4.78 is 1.01. The Bertz CT molecular complexity index is 468. The molecule has 84 valence electrons. The van der Waals surface area contributed by atoms with Gasteiger partial charge in [-0.1, -0.05) is 33.6 Å². The quantitative estimate of drug-likeness (QED) is 0.632. The zero-order valence-corrected chi connectivity index (χ0v) is 12.2. The monoisotopic (exact) mass is 334 g/mol. The number of hydrogen-bond acceptors (Lipinski definition) is 1. The van der Waals surface area contributed by atoms with Crippen molar-refractivity contribution in [3.8, 4) is 0 Å². The molecule has 0 saturated carbocycles. The third-order valence-electron chi connectivity index (χ3n) is 2.26. The first-order valence-corrected chi connectivity index (χ1v) is 7.27. The van der Waals surface area contributed by atoms with Crippen molar-refractivity contribution >= 4 is 50.5 Å². The third kappa shape index (κ3) is 3.01. The SMILES string of the molecule is Clc1ccc(Br)c(C(Cl)Cc2cccs2)c1. The number of rotatable bonds is 3. The van der Waals surface area contributed by atoms with E-state index in [9.17, 15) is 0 Å². The molecule has 0 aliphatic rings. The molecule has 0 nitrogen and oxygen atoms in total. The van der Waals surface area contributed by atoms with Gasteiger partial charge in [0.15, 0.2) is 0 Å². The van der Waals surface area contributed by atoms with E-state index in [1.165, 1.54) is 4.88 Å². The van der Waals surface area contributed by atoms with Crippen LogP contribution in [0, 0.1) is 0 Å². The summed E-state index contributed by atoms with van der Waals surface area (Å²) in [5.41, 5.74) is 1.04. The van der Waals surface area contributed by atoms with Crippen LogP contribution in [0.2, 0.25) is 5.02 Å². The molecule has 1 aromatic heterocycles. The van der Waals surface area contributed by atoms with Crippen molar-refractivity contribution in [3.63, 3.8) is 0 Å². The highest BCUT2D eigenvalue weighted by Gasteiger charge is 2.13. The summed E-state index contributed by atoms with van der Waals surface area (Å²) in [6.45, 7) is 0. The van der Waals surface area contributed by atoms with E-state index in [2.05, 4.69) is 27.4 Å².